The molecular weight excluding hydrogens is 240 g/mol. The van der Waals surface area contributed by atoms with Gasteiger partial charge in [0.25, 0.3) is 0 Å². The fourth-order valence-electron chi connectivity index (χ4n) is 2.29. The maximum absolute atomic E-state index is 11.8. The van der Waals surface area contributed by atoms with Gasteiger partial charge in [0.15, 0.2) is 0 Å². The summed E-state index contributed by atoms with van der Waals surface area (Å²) in [4.78, 5) is 13.6. The molecule has 4 nitrogen and oxygen atoms in total. The van der Waals surface area contributed by atoms with Gasteiger partial charge in [-0.05, 0) is 26.0 Å². The quantitative estimate of drug-likeness (QED) is 0.902. The van der Waals surface area contributed by atoms with Crippen molar-refractivity contribution in [3.63, 3.8) is 0 Å². The first-order chi connectivity index (χ1) is 9.06. The number of likely N-dealkylation sites (tertiary alicyclic amines) is 1. The standard InChI is InChI=1S/C15H22N2O2/c1-11-3-5-13(6-4-11)19-14-7-9-17(10-8-14)15(18)12(2)16/h3-6,12,14H,7-10,16H2,1-2H3/t12-/m0/s1. The first-order valence-corrected chi connectivity index (χ1v) is 6.84. The molecule has 0 aliphatic carbocycles. The first kappa shape index (κ1) is 13.9. The zero-order valence-electron chi connectivity index (χ0n) is 11.6. The van der Waals surface area contributed by atoms with Crippen molar-refractivity contribution in [2.24, 2.45) is 5.73 Å². The molecule has 1 fully saturated rings. The Labute approximate surface area is 114 Å². The molecule has 0 radical (unpaired) electrons. The number of nitrogens with two attached hydrogens (primary N) is 1. The lowest BCUT2D eigenvalue weighted by atomic mass is 10.1. The summed E-state index contributed by atoms with van der Waals surface area (Å²) in [5.74, 6) is 0.941. The van der Waals surface area contributed by atoms with Gasteiger partial charge >= 0.3 is 0 Å². The van der Waals surface area contributed by atoms with Crippen LogP contribution in [-0.2, 0) is 4.79 Å². The van der Waals surface area contributed by atoms with Gasteiger partial charge in [0.05, 0.1) is 6.04 Å². The molecule has 0 aromatic heterocycles. The van der Waals surface area contributed by atoms with E-state index in [1.54, 1.807) is 6.92 Å². The van der Waals surface area contributed by atoms with Gasteiger partial charge in [-0.25, -0.2) is 0 Å². The van der Waals surface area contributed by atoms with Gasteiger partial charge in [-0.15, -0.1) is 0 Å². The van der Waals surface area contributed by atoms with Crippen molar-refractivity contribution in [2.45, 2.75) is 38.8 Å². The van der Waals surface area contributed by atoms with Crippen LogP contribution in [0.5, 0.6) is 5.75 Å². The maximum atomic E-state index is 11.8. The largest absolute Gasteiger partial charge is 0.490 e. The van der Waals surface area contributed by atoms with Crippen LogP contribution in [0.15, 0.2) is 24.3 Å². The van der Waals surface area contributed by atoms with E-state index in [-0.39, 0.29) is 12.0 Å². The molecule has 0 unspecified atom stereocenters. The molecule has 1 atom stereocenters. The van der Waals surface area contributed by atoms with Gasteiger partial charge in [0.2, 0.25) is 5.91 Å². The molecule has 1 heterocycles. The monoisotopic (exact) mass is 262 g/mol. The van der Waals surface area contributed by atoms with Crippen LogP contribution in [0.2, 0.25) is 0 Å². The van der Waals surface area contributed by atoms with Gasteiger partial charge in [0, 0.05) is 25.9 Å². The first-order valence-electron chi connectivity index (χ1n) is 6.84. The van der Waals surface area contributed by atoms with E-state index in [1.807, 2.05) is 29.2 Å². The molecule has 1 aromatic rings. The minimum Gasteiger partial charge on any atom is -0.490 e. The molecule has 1 saturated heterocycles. The Morgan fingerprint density at radius 2 is 1.89 bits per heavy atom. The molecule has 1 aliphatic heterocycles. The van der Waals surface area contributed by atoms with E-state index in [0.717, 1.165) is 31.7 Å². The molecule has 0 saturated carbocycles. The Bertz CT molecular complexity index is 420. The number of nitrogens with zero attached hydrogens (tertiary/aromatic N) is 1. The highest BCUT2D eigenvalue weighted by atomic mass is 16.5. The number of ether oxygens (including phenoxy) is 1. The number of piperidine rings is 1. The number of carbonyl (C=O) groups is 1. The highest BCUT2D eigenvalue weighted by Crippen LogP contribution is 2.19. The van der Waals surface area contributed by atoms with Crippen molar-refractivity contribution in [2.75, 3.05) is 13.1 Å². The summed E-state index contributed by atoms with van der Waals surface area (Å²) in [6.45, 7) is 5.26. The van der Waals surface area contributed by atoms with Gasteiger partial charge in [0.1, 0.15) is 11.9 Å². The van der Waals surface area contributed by atoms with Crippen LogP contribution in [-0.4, -0.2) is 36.0 Å². The third kappa shape index (κ3) is 3.70. The molecular formula is C15H22N2O2. The third-order valence-electron chi connectivity index (χ3n) is 3.47. The van der Waals surface area contributed by atoms with Crippen LogP contribution >= 0.6 is 0 Å². The van der Waals surface area contributed by atoms with Gasteiger partial charge < -0.3 is 15.4 Å². The normalized spacial score (nSPS) is 18.2. The van der Waals surface area contributed by atoms with Gasteiger partial charge in [-0.3, -0.25) is 4.79 Å². The molecule has 0 bridgehead atoms. The Kier molecular flexibility index (Phi) is 4.43. The average molecular weight is 262 g/mol. The predicted molar refractivity (Wildman–Crippen MR) is 75.1 cm³/mol. The highest BCUT2D eigenvalue weighted by molar-refractivity contribution is 5.81. The number of carbonyl (C=O) groups excluding carboxylic acids is 1. The topological polar surface area (TPSA) is 55.6 Å². The second-order valence-electron chi connectivity index (χ2n) is 5.24. The van der Waals surface area contributed by atoms with Crippen LogP contribution in [0, 0.1) is 6.92 Å². The average Bonchev–Trinajstić information content (AvgIpc) is 2.41. The SMILES string of the molecule is Cc1ccc(OC2CCN(C(=O)[C@H](C)N)CC2)cc1. The van der Waals surface area contributed by atoms with Crippen LogP contribution in [0.3, 0.4) is 0 Å². The third-order valence-corrected chi connectivity index (χ3v) is 3.47. The second kappa shape index (κ2) is 6.06. The minimum absolute atomic E-state index is 0.0359. The van der Waals surface area contributed by atoms with Crippen LogP contribution in [0.1, 0.15) is 25.3 Å². The van der Waals surface area contributed by atoms with E-state index >= 15 is 0 Å². The summed E-state index contributed by atoms with van der Waals surface area (Å²) >= 11 is 0. The van der Waals surface area contributed by atoms with E-state index in [4.69, 9.17) is 10.5 Å². The van der Waals surface area contributed by atoms with E-state index in [1.165, 1.54) is 5.56 Å². The van der Waals surface area contributed by atoms with Gasteiger partial charge in [-0.2, -0.15) is 0 Å². The lowest BCUT2D eigenvalue weighted by molar-refractivity contribution is -0.133. The van der Waals surface area contributed by atoms with E-state index < -0.39 is 6.04 Å². The summed E-state index contributed by atoms with van der Waals surface area (Å²) in [5, 5.41) is 0. The summed E-state index contributed by atoms with van der Waals surface area (Å²) in [7, 11) is 0. The second-order valence-corrected chi connectivity index (χ2v) is 5.24. The Morgan fingerprint density at radius 1 is 1.32 bits per heavy atom. The predicted octanol–water partition coefficient (Wildman–Crippen LogP) is 1.71. The molecule has 4 heteroatoms. The van der Waals surface area contributed by atoms with Gasteiger partial charge in [-0.1, -0.05) is 17.7 Å². The van der Waals surface area contributed by atoms with Crippen molar-refractivity contribution in [3.8, 4) is 5.75 Å². The summed E-state index contributed by atoms with van der Waals surface area (Å²) in [5.41, 5.74) is 6.84. The van der Waals surface area contributed by atoms with E-state index in [9.17, 15) is 4.79 Å². The molecule has 0 spiro atoms. The van der Waals surface area contributed by atoms with Crippen LogP contribution < -0.4 is 10.5 Å². The zero-order valence-corrected chi connectivity index (χ0v) is 11.6. The van der Waals surface area contributed by atoms with Crippen molar-refractivity contribution < 1.29 is 9.53 Å². The molecule has 1 amide bonds. The molecule has 1 aromatic carbocycles. The molecule has 2 N–H and O–H groups in total. The zero-order chi connectivity index (χ0) is 13.8. The molecule has 1 aliphatic rings. The van der Waals surface area contributed by atoms with Crippen molar-refractivity contribution in [3.05, 3.63) is 29.8 Å². The smallest absolute Gasteiger partial charge is 0.239 e. The molecule has 104 valence electrons. The van der Waals surface area contributed by atoms with Crippen molar-refractivity contribution >= 4 is 5.91 Å². The number of amides is 1. The molecule has 19 heavy (non-hydrogen) atoms. The number of hydrogen-bond acceptors (Lipinski definition) is 3. The lowest BCUT2D eigenvalue weighted by Gasteiger charge is -2.33. The summed E-state index contributed by atoms with van der Waals surface area (Å²) < 4.78 is 5.93. The minimum atomic E-state index is -0.408. The number of rotatable bonds is 3. The van der Waals surface area contributed by atoms with E-state index in [0.29, 0.717) is 0 Å². The maximum Gasteiger partial charge on any atom is 0.239 e. The van der Waals surface area contributed by atoms with Crippen molar-refractivity contribution in [1.29, 1.82) is 0 Å². The highest BCUT2D eigenvalue weighted by Gasteiger charge is 2.25. The fraction of sp³-hybridized carbons (Fsp3) is 0.533. The number of benzene rings is 1. The van der Waals surface area contributed by atoms with Crippen molar-refractivity contribution in [1.82, 2.24) is 4.90 Å². The summed E-state index contributed by atoms with van der Waals surface area (Å²) in [6.07, 6.45) is 1.93. The number of aryl methyl sites for hydroxylation is 1. The van der Waals surface area contributed by atoms with E-state index in [2.05, 4.69) is 6.92 Å². The lowest BCUT2D eigenvalue weighted by Crippen LogP contribution is -2.47. The Morgan fingerprint density at radius 3 is 2.42 bits per heavy atom. The van der Waals surface area contributed by atoms with Crippen LogP contribution in [0.4, 0.5) is 0 Å². The Balaban J connectivity index is 1.83. The number of hydrogen-bond donors (Lipinski definition) is 1. The molecule has 2 rings (SSSR count). The summed E-state index contributed by atoms with van der Waals surface area (Å²) in [6, 6.07) is 7.67. The fourth-order valence-corrected chi connectivity index (χ4v) is 2.29. The Hall–Kier alpha value is -1.55. The van der Waals surface area contributed by atoms with Crippen LogP contribution in [0.25, 0.3) is 0 Å².